The lowest BCUT2D eigenvalue weighted by atomic mass is 10.2. The molecule has 4 heteroatoms. The van der Waals surface area contributed by atoms with Crippen LogP contribution in [-0.2, 0) is 14.3 Å². The van der Waals surface area contributed by atoms with Crippen LogP contribution in [0.5, 0.6) is 0 Å². The normalized spacial score (nSPS) is 12.9. The first-order chi connectivity index (χ1) is 7.11. The highest BCUT2D eigenvalue weighted by atomic mass is 16.6. The van der Waals surface area contributed by atoms with Crippen molar-refractivity contribution in [3.8, 4) is 0 Å². The SMILES string of the molecule is CCC(NC)C(=O)OCCOCC(C)C. The summed E-state index contributed by atoms with van der Waals surface area (Å²) in [7, 11) is 1.75. The highest BCUT2D eigenvalue weighted by Gasteiger charge is 2.14. The molecule has 4 nitrogen and oxygen atoms in total. The van der Waals surface area contributed by atoms with E-state index in [4.69, 9.17) is 9.47 Å². The van der Waals surface area contributed by atoms with Crippen LogP contribution in [-0.4, -0.2) is 38.9 Å². The van der Waals surface area contributed by atoms with E-state index in [9.17, 15) is 4.79 Å². The molecule has 0 aliphatic heterocycles. The average Bonchev–Trinajstić information content (AvgIpc) is 2.18. The van der Waals surface area contributed by atoms with Crippen molar-refractivity contribution >= 4 is 5.97 Å². The Labute approximate surface area is 92.3 Å². The fraction of sp³-hybridized carbons (Fsp3) is 0.909. The lowest BCUT2D eigenvalue weighted by molar-refractivity contribution is -0.147. The van der Waals surface area contributed by atoms with Gasteiger partial charge in [0.05, 0.1) is 6.61 Å². The van der Waals surface area contributed by atoms with Gasteiger partial charge in [-0.25, -0.2) is 0 Å². The van der Waals surface area contributed by atoms with Crippen molar-refractivity contribution < 1.29 is 14.3 Å². The van der Waals surface area contributed by atoms with Crippen LogP contribution in [0.15, 0.2) is 0 Å². The van der Waals surface area contributed by atoms with Gasteiger partial charge in [0.25, 0.3) is 0 Å². The molecule has 1 N–H and O–H groups in total. The zero-order valence-corrected chi connectivity index (χ0v) is 10.2. The Balaban J connectivity index is 3.46. The van der Waals surface area contributed by atoms with Crippen LogP contribution in [0.2, 0.25) is 0 Å². The molecule has 15 heavy (non-hydrogen) atoms. The van der Waals surface area contributed by atoms with Gasteiger partial charge in [0, 0.05) is 6.61 Å². The maximum Gasteiger partial charge on any atom is 0.323 e. The highest BCUT2D eigenvalue weighted by molar-refractivity contribution is 5.75. The lowest BCUT2D eigenvalue weighted by Crippen LogP contribution is -2.35. The Morgan fingerprint density at radius 2 is 2.00 bits per heavy atom. The van der Waals surface area contributed by atoms with Crippen molar-refractivity contribution in [3.05, 3.63) is 0 Å². The molecule has 0 heterocycles. The molecular weight excluding hydrogens is 194 g/mol. The number of esters is 1. The van der Waals surface area contributed by atoms with Crippen LogP contribution in [0.1, 0.15) is 27.2 Å². The quantitative estimate of drug-likeness (QED) is 0.490. The summed E-state index contributed by atoms with van der Waals surface area (Å²) in [6, 6.07) is -0.199. The summed E-state index contributed by atoms with van der Waals surface area (Å²) in [4.78, 5) is 11.4. The second-order valence-corrected chi connectivity index (χ2v) is 3.89. The van der Waals surface area contributed by atoms with E-state index in [1.165, 1.54) is 0 Å². The van der Waals surface area contributed by atoms with Crippen molar-refractivity contribution in [2.75, 3.05) is 26.9 Å². The lowest BCUT2D eigenvalue weighted by Gasteiger charge is -2.13. The molecule has 0 spiro atoms. The third-order valence-electron chi connectivity index (χ3n) is 1.96. The fourth-order valence-corrected chi connectivity index (χ4v) is 1.11. The zero-order valence-electron chi connectivity index (χ0n) is 10.2. The van der Waals surface area contributed by atoms with Gasteiger partial charge in [0.1, 0.15) is 12.6 Å². The van der Waals surface area contributed by atoms with Gasteiger partial charge in [-0.2, -0.15) is 0 Å². The monoisotopic (exact) mass is 217 g/mol. The molecule has 0 aromatic heterocycles. The van der Waals surface area contributed by atoms with Gasteiger partial charge in [-0.1, -0.05) is 20.8 Å². The van der Waals surface area contributed by atoms with Gasteiger partial charge >= 0.3 is 5.97 Å². The van der Waals surface area contributed by atoms with Crippen LogP contribution in [0.3, 0.4) is 0 Å². The molecule has 0 amide bonds. The van der Waals surface area contributed by atoms with E-state index < -0.39 is 0 Å². The zero-order chi connectivity index (χ0) is 11.7. The summed E-state index contributed by atoms with van der Waals surface area (Å²) in [6.45, 7) is 7.63. The number of rotatable bonds is 8. The van der Waals surface area contributed by atoms with Crippen LogP contribution in [0.4, 0.5) is 0 Å². The predicted octanol–water partition coefficient (Wildman–Crippen LogP) is 1.20. The molecule has 0 aliphatic rings. The number of hydrogen-bond donors (Lipinski definition) is 1. The third-order valence-corrected chi connectivity index (χ3v) is 1.96. The molecule has 0 fully saturated rings. The summed E-state index contributed by atoms with van der Waals surface area (Å²) in [5, 5.41) is 2.90. The second kappa shape index (κ2) is 8.68. The summed E-state index contributed by atoms with van der Waals surface area (Å²) < 4.78 is 10.3. The molecule has 90 valence electrons. The molecule has 1 unspecified atom stereocenters. The number of ether oxygens (including phenoxy) is 2. The van der Waals surface area contributed by atoms with Gasteiger partial charge < -0.3 is 14.8 Å². The van der Waals surface area contributed by atoms with E-state index in [1.807, 2.05) is 6.92 Å². The summed E-state index contributed by atoms with van der Waals surface area (Å²) in [6.07, 6.45) is 0.738. The maximum atomic E-state index is 11.4. The minimum atomic E-state index is -0.201. The molecule has 0 saturated heterocycles. The van der Waals surface area contributed by atoms with Gasteiger partial charge in [-0.3, -0.25) is 4.79 Å². The third kappa shape index (κ3) is 7.33. The van der Waals surface area contributed by atoms with E-state index >= 15 is 0 Å². The molecule has 0 bridgehead atoms. The summed E-state index contributed by atoms with van der Waals surface area (Å²) in [5.74, 6) is 0.314. The topological polar surface area (TPSA) is 47.6 Å². The highest BCUT2D eigenvalue weighted by Crippen LogP contribution is 1.95. The number of likely N-dealkylation sites (N-methyl/N-ethyl adjacent to an activating group) is 1. The second-order valence-electron chi connectivity index (χ2n) is 3.89. The van der Waals surface area contributed by atoms with Crippen molar-refractivity contribution in [3.63, 3.8) is 0 Å². The number of carbonyl (C=O) groups is 1. The Hall–Kier alpha value is -0.610. The Kier molecular flexibility index (Phi) is 8.33. The van der Waals surface area contributed by atoms with Crippen LogP contribution < -0.4 is 5.32 Å². The number of hydrogen-bond acceptors (Lipinski definition) is 4. The van der Waals surface area contributed by atoms with E-state index in [0.717, 1.165) is 6.42 Å². The number of nitrogens with one attached hydrogen (secondary N) is 1. The average molecular weight is 217 g/mol. The molecule has 1 atom stereocenters. The fourth-order valence-electron chi connectivity index (χ4n) is 1.11. The molecule has 0 radical (unpaired) electrons. The van der Waals surface area contributed by atoms with E-state index in [-0.39, 0.29) is 12.0 Å². The van der Waals surface area contributed by atoms with E-state index in [2.05, 4.69) is 19.2 Å². The van der Waals surface area contributed by atoms with Crippen molar-refractivity contribution in [1.82, 2.24) is 5.32 Å². The molecule has 0 aliphatic carbocycles. The van der Waals surface area contributed by atoms with Crippen molar-refractivity contribution in [1.29, 1.82) is 0 Å². The smallest absolute Gasteiger partial charge is 0.323 e. The van der Waals surface area contributed by atoms with Gasteiger partial charge in [0.2, 0.25) is 0 Å². The Morgan fingerprint density at radius 3 is 2.47 bits per heavy atom. The van der Waals surface area contributed by atoms with Gasteiger partial charge in [-0.05, 0) is 19.4 Å². The Morgan fingerprint density at radius 1 is 1.33 bits per heavy atom. The van der Waals surface area contributed by atoms with Crippen LogP contribution >= 0.6 is 0 Å². The van der Waals surface area contributed by atoms with Crippen LogP contribution in [0, 0.1) is 5.92 Å². The molecule has 0 aromatic carbocycles. The van der Waals surface area contributed by atoms with Crippen LogP contribution in [0.25, 0.3) is 0 Å². The molecule has 0 saturated carbocycles. The van der Waals surface area contributed by atoms with Gasteiger partial charge in [0.15, 0.2) is 0 Å². The number of carbonyl (C=O) groups excluding carboxylic acids is 1. The maximum absolute atomic E-state index is 11.4. The molecular formula is C11H23NO3. The van der Waals surface area contributed by atoms with Crippen molar-refractivity contribution in [2.45, 2.75) is 33.2 Å². The summed E-state index contributed by atoms with van der Waals surface area (Å²) >= 11 is 0. The largest absolute Gasteiger partial charge is 0.462 e. The molecule has 0 rings (SSSR count). The first-order valence-corrected chi connectivity index (χ1v) is 5.53. The summed E-state index contributed by atoms with van der Waals surface area (Å²) in [5.41, 5.74) is 0. The van der Waals surface area contributed by atoms with Gasteiger partial charge in [-0.15, -0.1) is 0 Å². The predicted molar refractivity (Wildman–Crippen MR) is 59.8 cm³/mol. The Bertz CT molecular complexity index is 167. The first-order valence-electron chi connectivity index (χ1n) is 5.53. The molecule has 0 aromatic rings. The van der Waals surface area contributed by atoms with E-state index in [0.29, 0.717) is 25.7 Å². The first kappa shape index (κ1) is 14.4. The standard InChI is InChI=1S/C11H23NO3/c1-5-10(12-4)11(13)15-7-6-14-8-9(2)3/h9-10,12H,5-8H2,1-4H3. The van der Waals surface area contributed by atoms with Crippen molar-refractivity contribution in [2.24, 2.45) is 5.92 Å². The minimum Gasteiger partial charge on any atom is -0.462 e. The minimum absolute atomic E-state index is 0.199. The van der Waals surface area contributed by atoms with E-state index in [1.54, 1.807) is 7.05 Å².